The second-order valence-corrected chi connectivity index (χ2v) is 7.69. The number of nitrogens with one attached hydrogen (secondary N) is 1. The van der Waals surface area contributed by atoms with Crippen molar-refractivity contribution >= 4 is 57.1 Å². The highest BCUT2D eigenvalue weighted by molar-refractivity contribution is 9.10. The van der Waals surface area contributed by atoms with Gasteiger partial charge in [-0.1, -0.05) is 30.7 Å². The summed E-state index contributed by atoms with van der Waals surface area (Å²) in [5, 5.41) is 2.61. The molecule has 2 aromatic carbocycles. The van der Waals surface area contributed by atoms with Crippen LogP contribution in [0, 0.1) is 6.92 Å². The Morgan fingerprint density at radius 2 is 1.93 bits per heavy atom. The normalized spacial score (nSPS) is 15.7. The lowest BCUT2D eigenvalue weighted by Crippen LogP contribution is -2.54. The number of anilines is 1. The van der Waals surface area contributed by atoms with Crippen molar-refractivity contribution in [2.24, 2.45) is 0 Å². The molecule has 6 nitrogen and oxygen atoms in total. The molecular weight excluding hydrogens is 460 g/mol. The van der Waals surface area contributed by atoms with Gasteiger partial charge in [-0.05, 0) is 70.7 Å². The minimum atomic E-state index is -0.818. The van der Waals surface area contributed by atoms with Crippen LogP contribution in [0.1, 0.15) is 24.5 Å². The van der Waals surface area contributed by atoms with Gasteiger partial charge in [0.1, 0.15) is 11.3 Å². The van der Waals surface area contributed by atoms with Gasteiger partial charge in [0.05, 0.1) is 16.8 Å². The molecule has 4 amide bonds. The first-order chi connectivity index (χ1) is 13.8. The minimum absolute atomic E-state index is 0.157. The number of nitrogens with zero attached hydrogens (tertiary/aromatic N) is 1. The number of urea groups is 1. The van der Waals surface area contributed by atoms with Gasteiger partial charge in [0, 0.05) is 5.02 Å². The van der Waals surface area contributed by atoms with Crippen LogP contribution in [-0.2, 0) is 9.59 Å². The zero-order chi connectivity index (χ0) is 21.1. The van der Waals surface area contributed by atoms with Crippen LogP contribution in [0.15, 0.2) is 46.4 Å². The first-order valence-corrected chi connectivity index (χ1v) is 10.1. The van der Waals surface area contributed by atoms with Gasteiger partial charge < -0.3 is 4.74 Å². The summed E-state index contributed by atoms with van der Waals surface area (Å²) in [6.07, 6.45) is 2.31. The topological polar surface area (TPSA) is 75.7 Å². The SMILES string of the molecule is CCCOc1ccc(/C=C2\C(=O)NC(=O)N(c3ccc(C)c(Cl)c3)C2=O)cc1Br. The van der Waals surface area contributed by atoms with E-state index >= 15 is 0 Å². The van der Waals surface area contributed by atoms with Gasteiger partial charge in [-0.2, -0.15) is 0 Å². The molecule has 0 aromatic heterocycles. The van der Waals surface area contributed by atoms with Crippen molar-refractivity contribution in [3.05, 3.63) is 62.6 Å². The molecule has 2 aromatic rings. The first kappa shape index (κ1) is 21.1. The van der Waals surface area contributed by atoms with Crippen LogP contribution in [0.5, 0.6) is 5.75 Å². The molecule has 0 aliphatic carbocycles. The van der Waals surface area contributed by atoms with Crippen LogP contribution >= 0.6 is 27.5 Å². The maximum Gasteiger partial charge on any atom is 0.335 e. The molecule has 1 fully saturated rings. The average molecular weight is 478 g/mol. The van der Waals surface area contributed by atoms with Gasteiger partial charge in [-0.25, -0.2) is 9.69 Å². The zero-order valence-electron chi connectivity index (χ0n) is 15.8. The van der Waals surface area contributed by atoms with Gasteiger partial charge in [0.2, 0.25) is 0 Å². The standard InChI is InChI=1S/C21H18BrClN2O4/c1-3-8-29-18-7-5-13(10-16(18)22)9-15-19(26)24-21(28)25(20(15)27)14-6-4-12(2)17(23)11-14/h4-7,9-11H,3,8H2,1-2H3,(H,24,26,28)/b15-9+. The van der Waals surface area contributed by atoms with E-state index < -0.39 is 17.8 Å². The summed E-state index contributed by atoms with van der Waals surface area (Å²) in [7, 11) is 0. The maximum atomic E-state index is 12.9. The number of halogens is 2. The van der Waals surface area contributed by atoms with Crippen molar-refractivity contribution in [1.82, 2.24) is 5.32 Å². The number of carbonyl (C=O) groups is 3. The van der Waals surface area contributed by atoms with E-state index in [2.05, 4.69) is 21.2 Å². The molecule has 3 rings (SSSR count). The lowest BCUT2D eigenvalue weighted by Gasteiger charge is -2.26. The predicted molar refractivity (Wildman–Crippen MR) is 115 cm³/mol. The molecule has 0 spiro atoms. The van der Waals surface area contributed by atoms with Crippen molar-refractivity contribution in [3.8, 4) is 5.75 Å². The molecular formula is C21H18BrClN2O4. The van der Waals surface area contributed by atoms with Gasteiger partial charge in [0.25, 0.3) is 11.8 Å². The monoisotopic (exact) mass is 476 g/mol. The van der Waals surface area contributed by atoms with E-state index in [4.69, 9.17) is 16.3 Å². The smallest absolute Gasteiger partial charge is 0.335 e. The Morgan fingerprint density at radius 3 is 2.59 bits per heavy atom. The highest BCUT2D eigenvalue weighted by Crippen LogP contribution is 2.29. The fourth-order valence-electron chi connectivity index (χ4n) is 2.72. The third-order valence-corrected chi connectivity index (χ3v) is 5.27. The van der Waals surface area contributed by atoms with Gasteiger partial charge in [0.15, 0.2) is 0 Å². The number of benzene rings is 2. The van der Waals surface area contributed by atoms with Crippen LogP contribution in [0.4, 0.5) is 10.5 Å². The number of ether oxygens (including phenoxy) is 1. The first-order valence-electron chi connectivity index (χ1n) is 8.91. The number of barbiturate groups is 1. The van der Waals surface area contributed by atoms with Crippen molar-refractivity contribution < 1.29 is 19.1 Å². The van der Waals surface area contributed by atoms with Gasteiger partial charge >= 0.3 is 6.03 Å². The summed E-state index contributed by atoms with van der Waals surface area (Å²) in [6.45, 7) is 4.40. The molecule has 29 heavy (non-hydrogen) atoms. The zero-order valence-corrected chi connectivity index (χ0v) is 18.1. The molecule has 0 radical (unpaired) electrons. The average Bonchev–Trinajstić information content (AvgIpc) is 2.67. The quantitative estimate of drug-likeness (QED) is 0.493. The fourth-order valence-corrected chi connectivity index (χ4v) is 3.40. The van der Waals surface area contributed by atoms with Crippen LogP contribution in [-0.4, -0.2) is 24.5 Å². The molecule has 0 atom stereocenters. The Labute approximate surface area is 181 Å². The maximum absolute atomic E-state index is 12.9. The molecule has 1 aliphatic heterocycles. The number of aryl methyl sites for hydroxylation is 1. The molecule has 8 heteroatoms. The lowest BCUT2D eigenvalue weighted by atomic mass is 10.1. The fraction of sp³-hybridized carbons (Fsp3) is 0.190. The summed E-state index contributed by atoms with van der Waals surface area (Å²) in [4.78, 5) is 38.4. The van der Waals surface area contributed by atoms with Gasteiger partial charge in [-0.3, -0.25) is 14.9 Å². The lowest BCUT2D eigenvalue weighted by molar-refractivity contribution is -0.122. The molecule has 1 N–H and O–H groups in total. The van der Waals surface area contributed by atoms with Crippen LogP contribution < -0.4 is 15.0 Å². The highest BCUT2D eigenvalue weighted by Gasteiger charge is 2.37. The predicted octanol–water partition coefficient (Wildman–Crippen LogP) is 4.87. The Bertz CT molecular complexity index is 1040. The van der Waals surface area contributed by atoms with E-state index in [1.54, 1.807) is 30.3 Å². The second kappa shape index (κ2) is 8.80. The Balaban J connectivity index is 1.95. The van der Waals surface area contributed by atoms with E-state index in [0.29, 0.717) is 27.4 Å². The van der Waals surface area contributed by atoms with Crippen molar-refractivity contribution in [2.45, 2.75) is 20.3 Å². The molecule has 1 saturated heterocycles. The number of carbonyl (C=O) groups excluding carboxylic acids is 3. The highest BCUT2D eigenvalue weighted by atomic mass is 79.9. The third kappa shape index (κ3) is 4.52. The molecule has 0 bridgehead atoms. The third-order valence-electron chi connectivity index (χ3n) is 4.24. The number of rotatable bonds is 5. The summed E-state index contributed by atoms with van der Waals surface area (Å²) >= 11 is 9.55. The second-order valence-electron chi connectivity index (χ2n) is 6.43. The van der Waals surface area contributed by atoms with Crippen molar-refractivity contribution in [2.75, 3.05) is 11.5 Å². The Morgan fingerprint density at radius 1 is 1.17 bits per heavy atom. The molecule has 0 unspecified atom stereocenters. The van der Waals surface area contributed by atoms with Crippen LogP contribution in [0.2, 0.25) is 5.02 Å². The minimum Gasteiger partial charge on any atom is -0.492 e. The van der Waals surface area contributed by atoms with E-state index in [-0.39, 0.29) is 11.3 Å². The molecule has 150 valence electrons. The molecule has 1 aliphatic rings. The number of hydrogen-bond donors (Lipinski definition) is 1. The van der Waals surface area contributed by atoms with Gasteiger partial charge in [-0.15, -0.1) is 0 Å². The van der Waals surface area contributed by atoms with E-state index in [0.717, 1.165) is 16.9 Å². The largest absolute Gasteiger partial charge is 0.492 e. The van der Waals surface area contributed by atoms with E-state index in [1.807, 2.05) is 13.8 Å². The number of amides is 4. The number of imide groups is 2. The van der Waals surface area contributed by atoms with E-state index in [9.17, 15) is 14.4 Å². The number of hydrogen-bond acceptors (Lipinski definition) is 4. The Hall–Kier alpha value is -2.64. The van der Waals surface area contributed by atoms with Crippen LogP contribution in [0.3, 0.4) is 0 Å². The summed E-state index contributed by atoms with van der Waals surface area (Å²) in [5.74, 6) is -0.808. The summed E-state index contributed by atoms with van der Waals surface area (Å²) in [6, 6.07) is 9.21. The van der Waals surface area contributed by atoms with Crippen molar-refractivity contribution in [3.63, 3.8) is 0 Å². The molecule has 1 heterocycles. The van der Waals surface area contributed by atoms with Crippen LogP contribution in [0.25, 0.3) is 6.08 Å². The van der Waals surface area contributed by atoms with E-state index in [1.165, 1.54) is 12.1 Å². The molecule has 0 saturated carbocycles. The summed E-state index contributed by atoms with van der Waals surface area (Å²) in [5.41, 5.74) is 1.54. The Kier molecular flexibility index (Phi) is 6.39. The van der Waals surface area contributed by atoms with Crippen molar-refractivity contribution in [1.29, 1.82) is 0 Å². The summed E-state index contributed by atoms with van der Waals surface area (Å²) < 4.78 is 6.30.